The zero-order valence-electron chi connectivity index (χ0n) is 11.4. The lowest BCUT2D eigenvalue weighted by Gasteiger charge is -2.19. The van der Waals surface area contributed by atoms with Gasteiger partial charge < -0.3 is 4.74 Å². The molecule has 3 nitrogen and oxygen atoms in total. The molecule has 1 unspecified atom stereocenters. The Labute approximate surface area is 142 Å². The van der Waals surface area contributed by atoms with Crippen molar-refractivity contribution < 1.29 is 4.74 Å². The van der Waals surface area contributed by atoms with Crippen LogP contribution in [0.15, 0.2) is 40.9 Å². The number of rotatable bonds is 5. The minimum Gasteiger partial charge on any atom is -0.496 e. The molecule has 3 N–H and O–H groups in total. The van der Waals surface area contributed by atoms with Crippen molar-refractivity contribution in [1.82, 2.24) is 5.43 Å². The van der Waals surface area contributed by atoms with Gasteiger partial charge in [-0.25, -0.2) is 0 Å². The summed E-state index contributed by atoms with van der Waals surface area (Å²) in [4.78, 5) is 0. The van der Waals surface area contributed by atoms with Gasteiger partial charge in [-0.3, -0.25) is 11.3 Å². The Bertz CT molecular complexity index is 637. The second-order valence-corrected chi connectivity index (χ2v) is 6.25. The average molecular weight is 390 g/mol. The van der Waals surface area contributed by atoms with Crippen LogP contribution in [-0.2, 0) is 6.42 Å². The highest BCUT2D eigenvalue weighted by atomic mass is 79.9. The fraction of sp³-hybridized carbons (Fsp3) is 0.200. The van der Waals surface area contributed by atoms with Gasteiger partial charge in [0.1, 0.15) is 5.75 Å². The summed E-state index contributed by atoms with van der Waals surface area (Å²) in [6.07, 6.45) is 0.637. The molecular formula is C15H15BrCl2N2O. The smallest absolute Gasteiger partial charge is 0.122 e. The number of hydrogen-bond acceptors (Lipinski definition) is 3. The molecule has 0 radical (unpaired) electrons. The molecule has 0 aromatic heterocycles. The van der Waals surface area contributed by atoms with Gasteiger partial charge in [0.15, 0.2) is 0 Å². The Morgan fingerprint density at radius 2 is 2.00 bits per heavy atom. The van der Waals surface area contributed by atoms with Crippen molar-refractivity contribution in [2.45, 2.75) is 12.5 Å². The van der Waals surface area contributed by atoms with Gasteiger partial charge in [0, 0.05) is 9.50 Å². The molecule has 0 aliphatic carbocycles. The fourth-order valence-corrected chi connectivity index (χ4v) is 2.76. The van der Waals surface area contributed by atoms with E-state index >= 15 is 0 Å². The Balaban J connectivity index is 2.30. The summed E-state index contributed by atoms with van der Waals surface area (Å²) >= 11 is 15.6. The zero-order valence-corrected chi connectivity index (χ0v) is 14.5. The summed E-state index contributed by atoms with van der Waals surface area (Å²) in [5.74, 6) is 6.47. The molecule has 6 heteroatoms. The van der Waals surface area contributed by atoms with Crippen LogP contribution in [0, 0.1) is 0 Å². The molecule has 1 atom stereocenters. The largest absolute Gasteiger partial charge is 0.496 e. The van der Waals surface area contributed by atoms with Crippen LogP contribution in [0.2, 0.25) is 10.0 Å². The minimum absolute atomic E-state index is 0.0945. The van der Waals surface area contributed by atoms with E-state index < -0.39 is 0 Å². The Hall–Kier alpha value is -0.780. The van der Waals surface area contributed by atoms with E-state index in [9.17, 15) is 0 Å². The minimum atomic E-state index is -0.0945. The molecule has 0 saturated heterocycles. The third-order valence-electron chi connectivity index (χ3n) is 3.21. The van der Waals surface area contributed by atoms with Crippen molar-refractivity contribution in [3.8, 4) is 5.75 Å². The van der Waals surface area contributed by atoms with Gasteiger partial charge in [-0.05, 0) is 63.8 Å². The van der Waals surface area contributed by atoms with Crippen molar-refractivity contribution in [3.63, 3.8) is 0 Å². The van der Waals surface area contributed by atoms with E-state index in [0.29, 0.717) is 16.5 Å². The van der Waals surface area contributed by atoms with Crippen molar-refractivity contribution in [1.29, 1.82) is 0 Å². The molecular weight excluding hydrogens is 375 g/mol. The summed E-state index contributed by atoms with van der Waals surface area (Å²) in [7, 11) is 1.63. The number of nitrogens with one attached hydrogen (secondary N) is 1. The molecule has 0 aliphatic heterocycles. The molecule has 2 aromatic rings. The maximum Gasteiger partial charge on any atom is 0.122 e. The molecule has 2 aromatic carbocycles. The first-order chi connectivity index (χ1) is 10.0. The van der Waals surface area contributed by atoms with Gasteiger partial charge in [0.25, 0.3) is 0 Å². The predicted molar refractivity (Wildman–Crippen MR) is 90.9 cm³/mol. The van der Waals surface area contributed by atoms with E-state index in [4.69, 9.17) is 33.8 Å². The first kappa shape index (κ1) is 16.6. The van der Waals surface area contributed by atoms with E-state index in [0.717, 1.165) is 21.3 Å². The Kier molecular flexibility index (Phi) is 5.90. The molecule has 0 aliphatic rings. The van der Waals surface area contributed by atoms with Gasteiger partial charge in [-0.15, -0.1) is 0 Å². The van der Waals surface area contributed by atoms with E-state index in [1.165, 1.54) is 0 Å². The first-order valence-electron chi connectivity index (χ1n) is 6.28. The fourth-order valence-electron chi connectivity index (χ4n) is 2.13. The van der Waals surface area contributed by atoms with Crippen molar-refractivity contribution in [2.75, 3.05) is 7.11 Å². The molecule has 0 fully saturated rings. The van der Waals surface area contributed by atoms with Gasteiger partial charge in [0.05, 0.1) is 18.2 Å². The molecule has 0 saturated carbocycles. The highest BCUT2D eigenvalue weighted by Crippen LogP contribution is 2.30. The Morgan fingerprint density at radius 1 is 1.24 bits per heavy atom. The monoisotopic (exact) mass is 388 g/mol. The molecule has 0 bridgehead atoms. The second-order valence-electron chi connectivity index (χ2n) is 4.55. The van der Waals surface area contributed by atoms with Crippen LogP contribution in [0.25, 0.3) is 0 Å². The number of benzene rings is 2. The van der Waals surface area contributed by atoms with E-state index in [-0.39, 0.29) is 6.04 Å². The van der Waals surface area contributed by atoms with Crippen molar-refractivity contribution in [3.05, 3.63) is 62.0 Å². The van der Waals surface area contributed by atoms with E-state index in [1.807, 2.05) is 30.3 Å². The van der Waals surface area contributed by atoms with Gasteiger partial charge in [0.2, 0.25) is 0 Å². The van der Waals surface area contributed by atoms with Crippen LogP contribution in [0.5, 0.6) is 5.75 Å². The summed E-state index contributed by atoms with van der Waals surface area (Å²) < 4.78 is 6.21. The quantitative estimate of drug-likeness (QED) is 0.584. The maximum atomic E-state index is 6.14. The molecule has 21 heavy (non-hydrogen) atoms. The third-order valence-corrected chi connectivity index (χ3v) is 4.68. The van der Waals surface area contributed by atoms with Crippen LogP contribution in [0.3, 0.4) is 0 Å². The number of hydrazine groups is 1. The second kappa shape index (κ2) is 7.47. The molecule has 2 rings (SSSR count). The number of halogens is 3. The highest BCUT2D eigenvalue weighted by molar-refractivity contribution is 9.10. The van der Waals surface area contributed by atoms with Crippen LogP contribution in [0.1, 0.15) is 17.2 Å². The number of nitrogens with two attached hydrogens (primary N) is 1. The van der Waals surface area contributed by atoms with Crippen LogP contribution < -0.4 is 16.0 Å². The highest BCUT2D eigenvalue weighted by Gasteiger charge is 2.15. The van der Waals surface area contributed by atoms with Gasteiger partial charge in [-0.2, -0.15) is 0 Å². The topological polar surface area (TPSA) is 47.3 Å². The summed E-state index contributed by atoms with van der Waals surface area (Å²) in [5.41, 5.74) is 4.78. The lowest BCUT2D eigenvalue weighted by atomic mass is 9.99. The summed E-state index contributed by atoms with van der Waals surface area (Å²) in [6, 6.07) is 11.2. The number of hydrogen-bond donors (Lipinski definition) is 2. The number of methoxy groups -OCH3 is 1. The van der Waals surface area contributed by atoms with E-state index in [1.54, 1.807) is 13.2 Å². The SMILES string of the molecule is COc1ccc(Cl)cc1CC(NN)c1ccc(Br)c(Cl)c1. The van der Waals surface area contributed by atoms with E-state index in [2.05, 4.69) is 21.4 Å². The summed E-state index contributed by atoms with van der Waals surface area (Å²) in [5, 5.41) is 1.31. The zero-order chi connectivity index (χ0) is 15.4. The lowest BCUT2D eigenvalue weighted by molar-refractivity contribution is 0.405. The lowest BCUT2D eigenvalue weighted by Crippen LogP contribution is -2.29. The maximum absolute atomic E-state index is 6.14. The first-order valence-corrected chi connectivity index (χ1v) is 7.83. The predicted octanol–water partition coefficient (Wildman–Crippen LogP) is 4.51. The van der Waals surface area contributed by atoms with Crippen molar-refractivity contribution in [2.24, 2.45) is 5.84 Å². The molecule has 0 heterocycles. The number of ether oxygens (including phenoxy) is 1. The van der Waals surface area contributed by atoms with Crippen LogP contribution >= 0.6 is 39.1 Å². The van der Waals surface area contributed by atoms with Crippen LogP contribution in [0.4, 0.5) is 0 Å². The van der Waals surface area contributed by atoms with Crippen LogP contribution in [-0.4, -0.2) is 7.11 Å². The third kappa shape index (κ3) is 4.11. The standard InChI is InChI=1S/C15H15BrCl2N2O/c1-21-15-5-3-11(17)6-10(15)8-14(20-19)9-2-4-12(16)13(18)7-9/h2-7,14,20H,8,19H2,1H3. The molecule has 0 amide bonds. The summed E-state index contributed by atoms with van der Waals surface area (Å²) in [6.45, 7) is 0. The average Bonchev–Trinajstić information content (AvgIpc) is 2.48. The van der Waals surface area contributed by atoms with Gasteiger partial charge >= 0.3 is 0 Å². The van der Waals surface area contributed by atoms with Gasteiger partial charge in [-0.1, -0.05) is 29.3 Å². The Morgan fingerprint density at radius 3 is 2.62 bits per heavy atom. The molecule has 0 spiro atoms. The van der Waals surface area contributed by atoms with Crippen molar-refractivity contribution >= 4 is 39.1 Å². The normalized spacial score (nSPS) is 12.2. The molecule has 112 valence electrons.